The van der Waals surface area contributed by atoms with Crippen molar-refractivity contribution in [3.8, 4) is 0 Å². The molecule has 3 amide bonds. The minimum absolute atomic E-state index is 0.0412. The number of amides is 3. The number of nitro benzene ring substituents is 1. The molecule has 0 aromatic heterocycles. The first kappa shape index (κ1) is 18.2. The molecule has 3 rings (SSSR count). The van der Waals surface area contributed by atoms with Gasteiger partial charge in [0.1, 0.15) is 11.4 Å². The zero-order valence-electron chi connectivity index (χ0n) is 14.1. The minimum atomic E-state index is -1.46. The summed E-state index contributed by atoms with van der Waals surface area (Å²) in [6.45, 7) is 0.901. The van der Waals surface area contributed by atoms with Crippen LogP contribution in [0.3, 0.4) is 0 Å². The lowest BCUT2D eigenvalue weighted by Crippen LogP contribution is -2.41. The maximum Gasteiger partial charge on any atom is 0.325 e. The Morgan fingerprint density at radius 1 is 1.22 bits per heavy atom. The molecular weight excluding hydrogens is 357 g/mol. The Labute approximate surface area is 152 Å². The van der Waals surface area contributed by atoms with Crippen LogP contribution in [-0.4, -0.2) is 34.1 Å². The first-order chi connectivity index (χ1) is 12.7. The van der Waals surface area contributed by atoms with Gasteiger partial charge in [0.25, 0.3) is 11.6 Å². The molecule has 1 heterocycles. The number of urea groups is 1. The number of carbonyl (C=O) groups excluding carboxylic acids is 3. The number of rotatable bonds is 5. The van der Waals surface area contributed by atoms with Crippen LogP contribution >= 0.6 is 0 Å². The van der Waals surface area contributed by atoms with Crippen LogP contribution in [0.25, 0.3) is 0 Å². The Morgan fingerprint density at radius 2 is 1.89 bits per heavy atom. The number of Topliss-reactive ketones (excluding diaryl/α,β-unsaturated/α-hetero) is 1. The summed E-state index contributed by atoms with van der Waals surface area (Å²) in [7, 11) is 0. The number of hydrogen-bond acceptors (Lipinski definition) is 5. The van der Waals surface area contributed by atoms with E-state index in [9.17, 15) is 28.9 Å². The van der Waals surface area contributed by atoms with E-state index in [0.29, 0.717) is 5.56 Å². The lowest BCUT2D eigenvalue weighted by Gasteiger charge is -2.22. The van der Waals surface area contributed by atoms with E-state index in [-0.39, 0.29) is 11.3 Å². The quantitative estimate of drug-likeness (QED) is 0.376. The first-order valence-corrected chi connectivity index (χ1v) is 7.90. The number of halogens is 1. The second-order valence-electron chi connectivity index (χ2n) is 6.18. The summed E-state index contributed by atoms with van der Waals surface area (Å²) < 4.78 is 13.3. The fourth-order valence-electron chi connectivity index (χ4n) is 2.85. The summed E-state index contributed by atoms with van der Waals surface area (Å²) in [6, 6.07) is 9.36. The molecular formula is C18H14FN3O5. The van der Waals surface area contributed by atoms with Crippen molar-refractivity contribution in [3.63, 3.8) is 0 Å². The van der Waals surface area contributed by atoms with E-state index in [4.69, 9.17) is 0 Å². The van der Waals surface area contributed by atoms with Gasteiger partial charge in [-0.15, -0.1) is 0 Å². The van der Waals surface area contributed by atoms with Gasteiger partial charge in [-0.3, -0.25) is 24.6 Å². The Kier molecular flexibility index (Phi) is 4.44. The molecule has 1 fully saturated rings. The fraction of sp³-hybridized carbons (Fsp3) is 0.167. The topological polar surface area (TPSA) is 110 Å². The Hall–Kier alpha value is -3.62. The average Bonchev–Trinajstić information content (AvgIpc) is 2.86. The zero-order valence-corrected chi connectivity index (χ0v) is 14.1. The number of benzene rings is 2. The summed E-state index contributed by atoms with van der Waals surface area (Å²) in [5, 5.41) is 13.3. The van der Waals surface area contributed by atoms with Gasteiger partial charge in [-0.1, -0.05) is 12.1 Å². The van der Waals surface area contributed by atoms with E-state index in [1.54, 1.807) is 0 Å². The highest BCUT2D eigenvalue weighted by Crippen LogP contribution is 2.30. The average molecular weight is 371 g/mol. The largest absolute Gasteiger partial charge is 0.325 e. The van der Waals surface area contributed by atoms with Crippen molar-refractivity contribution in [1.82, 2.24) is 10.2 Å². The first-order valence-electron chi connectivity index (χ1n) is 7.90. The van der Waals surface area contributed by atoms with Crippen LogP contribution < -0.4 is 5.32 Å². The van der Waals surface area contributed by atoms with Crippen molar-refractivity contribution in [2.45, 2.75) is 12.5 Å². The standard InChI is InChI=1S/C18H14FN3O5/c1-18(12-5-7-14(8-6-12)22(26)27)16(24)21(17(25)20-18)10-15(23)11-3-2-4-13(19)9-11/h2-9H,10H2,1H3,(H,20,25)/t18-/m1/s1. The van der Waals surface area contributed by atoms with Crippen LogP contribution in [0.4, 0.5) is 14.9 Å². The van der Waals surface area contributed by atoms with E-state index in [2.05, 4.69) is 5.32 Å². The normalized spacial score (nSPS) is 19.1. The molecule has 0 saturated carbocycles. The molecule has 0 radical (unpaired) electrons. The second kappa shape index (κ2) is 6.60. The van der Waals surface area contributed by atoms with Crippen LogP contribution in [0.2, 0.25) is 0 Å². The molecule has 1 atom stereocenters. The molecule has 0 spiro atoms. The second-order valence-corrected chi connectivity index (χ2v) is 6.18. The van der Waals surface area contributed by atoms with Crippen LogP contribution in [-0.2, 0) is 10.3 Å². The van der Waals surface area contributed by atoms with Crippen molar-refractivity contribution in [3.05, 3.63) is 75.6 Å². The predicted octanol–water partition coefficient (Wildman–Crippen LogP) is 2.38. The van der Waals surface area contributed by atoms with Gasteiger partial charge in [-0.25, -0.2) is 9.18 Å². The third kappa shape index (κ3) is 3.26. The molecule has 8 nitrogen and oxygen atoms in total. The molecule has 0 aliphatic carbocycles. The number of nitrogens with zero attached hydrogens (tertiary/aromatic N) is 2. The van der Waals surface area contributed by atoms with Crippen LogP contribution in [0.15, 0.2) is 48.5 Å². The van der Waals surface area contributed by atoms with Gasteiger partial charge in [-0.2, -0.15) is 0 Å². The Balaban J connectivity index is 1.83. The van der Waals surface area contributed by atoms with Gasteiger partial charge in [-0.05, 0) is 36.8 Å². The molecule has 2 aromatic carbocycles. The van der Waals surface area contributed by atoms with Gasteiger partial charge in [0.15, 0.2) is 5.78 Å². The maximum atomic E-state index is 13.3. The van der Waals surface area contributed by atoms with Crippen molar-refractivity contribution in [2.75, 3.05) is 6.54 Å². The van der Waals surface area contributed by atoms with E-state index in [0.717, 1.165) is 11.0 Å². The van der Waals surface area contributed by atoms with Gasteiger partial charge < -0.3 is 5.32 Å². The number of ketones is 1. The molecule has 27 heavy (non-hydrogen) atoms. The van der Waals surface area contributed by atoms with E-state index < -0.39 is 40.5 Å². The molecule has 138 valence electrons. The number of carbonyl (C=O) groups is 3. The summed E-state index contributed by atoms with van der Waals surface area (Å²) in [5.74, 6) is -1.87. The van der Waals surface area contributed by atoms with Crippen molar-refractivity contribution >= 4 is 23.4 Å². The van der Waals surface area contributed by atoms with Crippen LogP contribution in [0, 0.1) is 15.9 Å². The van der Waals surface area contributed by atoms with E-state index >= 15 is 0 Å². The van der Waals surface area contributed by atoms with Gasteiger partial charge in [0, 0.05) is 17.7 Å². The third-order valence-corrected chi connectivity index (χ3v) is 4.38. The summed E-state index contributed by atoms with van der Waals surface area (Å²) >= 11 is 0. The van der Waals surface area contributed by atoms with E-state index in [1.807, 2.05) is 0 Å². The Morgan fingerprint density at radius 3 is 2.48 bits per heavy atom. The van der Waals surface area contributed by atoms with E-state index in [1.165, 1.54) is 49.4 Å². The zero-order chi connectivity index (χ0) is 19.8. The number of imide groups is 1. The molecule has 1 saturated heterocycles. The van der Waals surface area contributed by atoms with Gasteiger partial charge in [0.2, 0.25) is 0 Å². The summed E-state index contributed by atoms with van der Waals surface area (Å²) in [4.78, 5) is 48.2. The lowest BCUT2D eigenvalue weighted by molar-refractivity contribution is -0.384. The lowest BCUT2D eigenvalue weighted by atomic mass is 9.92. The molecule has 1 aliphatic heterocycles. The number of non-ortho nitro benzene ring substituents is 1. The van der Waals surface area contributed by atoms with Crippen molar-refractivity contribution in [1.29, 1.82) is 0 Å². The van der Waals surface area contributed by atoms with Gasteiger partial charge >= 0.3 is 6.03 Å². The molecule has 9 heteroatoms. The molecule has 1 N–H and O–H groups in total. The SMILES string of the molecule is C[C@]1(c2ccc([N+](=O)[O-])cc2)NC(=O)N(CC(=O)c2cccc(F)c2)C1=O. The molecule has 0 unspecified atom stereocenters. The summed E-state index contributed by atoms with van der Waals surface area (Å²) in [6.07, 6.45) is 0. The van der Waals surface area contributed by atoms with Crippen molar-refractivity contribution < 1.29 is 23.7 Å². The highest BCUT2D eigenvalue weighted by atomic mass is 19.1. The van der Waals surface area contributed by atoms with Crippen molar-refractivity contribution in [2.24, 2.45) is 0 Å². The van der Waals surface area contributed by atoms with Crippen LogP contribution in [0.5, 0.6) is 0 Å². The molecule has 2 aromatic rings. The predicted molar refractivity (Wildman–Crippen MR) is 91.4 cm³/mol. The smallest absolute Gasteiger partial charge is 0.319 e. The fourth-order valence-corrected chi connectivity index (χ4v) is 2.85. The maximum absolute atomic E-state index is 13.3. The monoisotopic (exact) mass is 371 g/mol. The number of nitrogens with one attached hydrogen (secondary N) is 1. The Bertz CT molecular complexity index is 960. The van der Waals surface area contributed by atoms with Crippen LogP contribution in [0.1, 0.15) is 22.8 Å². The number of nitro groups is 1. The molecule has 1 aliphatic rings. The summed E-state index contributed by atoms with van der Waals surface area (Å²) in [5.41, 5.74) is -1.24. The highest BCUT2D eigenvalue weighted by molar-refractivity contribution is 6.11. The molecule has 0 bridgehead atoms. The number of hydrogen-bond donors (Lipinski definition) is 1. The highest BCUT2D eigenvalue weighted by Gasteiger charge is 2.49. The third-order valence-electron chi connectivity index (χ3n) is 4.38. The minimum Gasteiger partial charge on any atom is -0.319 e. The van der Waals surface area contributed by atoms with Gasteiger partial charge in [0.05, 0.1) is 11.5 Å².